The molecule has 1 unspecified atom stereocenters. The number of nitrogens with one attached hydrogen (secondary N) is 1. The molecule has 0 saturated heterocycles. The molecule has 1 atom stereocenters. The zero-order chi connectivity index (χ0) is 14.3. The maximum Gasteiger partial charge on any atom is 0.258 e. The van der Waals surface area contributed by atoms with Gasteiger partial charge in [-0.25, -0.2) is 0 Å². The van der Waals surface area contributed by atoms with Gasteiger partial charge in [0.25, 0.3) is 5.91 Å². The van der Waals surface area contributed by atoms with Gasteiger partial charge in [-0.2, -0.15) is 0 Å². The van der Waals surface area contributed by atoms with E-state index >= 15 is 0 Å². The molecule has 0 radical (unpaired) electrons. The summed E-state index contributed by atoms with van der Waals surface area (Å²) in [7, 11) is 0. The highest BCUT2D eigenvalue weighted by Crippen LogP contribution is 2.17. The third kappa shape index (κ3) is 7.72. The highest BCUT2D eigenvalue weighted by Gasteiger charge is 2.12. The molecule has 4 nitrogen and oxygen atoms in total. The second-order valence-electron chi connectivity index (χ2n) is 4.88. The van der Waals surface area contributed by atoms with Gasteiger partial charge >= 0.3 is 0 Å². The molecule has 6 heteroatoms. The van der Waals surface area contributed by atoms with Crippen molar-refractivity contribution in [3.63, 3.8) is 0 Å². The molecule has 0 aromatic heterocycles. The first-order valence-corrected chi connectivity index (χ1v) is 7.18. The number of benzene rings is 1. The first-order valence-electron chi connectivity index (χ1n) is 6.39. The van der Waals surface area contributed by atoms with Gasteiger partial charge in [0, 0.05) is 17.1 Å². The average molecular weight is 366 g/mol. The Morgan fingerprint density at radius 1 is 1.45 bits per heavy atom. The molecule has 0 aliphatic heterocycles. The van der Waals surface area contributed by atoms with Crippen LogP contribution in [0.1, 0.15) is 20.3 Å². The topological polar surface area (TPSA) is 64.3 Å². The summed E-state index contributed by atoms with van der Waals surface area (Å²) in [5.41, 5.74) is 5.63. The van der Waals surface area contributed by atoms with Gasteiger partial charge < -0.3 is 15.8 Å². The summed E-state index contributed by atoms with van der Waals surface area (Å²) in [5, 5.41) is 2.88. The van der Waals surface area contributed by atoms with E-state index in [1.54, 1.807) is 0 Å². The molecule has 0 saturated carbocycles. The Bertz CT molecular complexity index is 416. The van der Waals surface area contributed by atoms with E-state index in [2.05, 4.69) is 35.1 Å². The number of carbonyl (C=O) groups excluding carboxylic acids is 1. The van der Waals surface area contributed by atoms with E-state index in [9.17, 15) is 4.79 Å². The fourth-order valence-corrected chi connectivity index (χ4v) is 2.14. The summed E-state index contributed by atoms with van der Waals surface area (Å²) < 4.78 is 6.34. The minimum atomic E-state index is -0.143. The van der Waals surface area contributed by atoms with Crippen molar-refractivity contribution in [2.45, 2.75) is 26.3 Å². The Morgan fingerprint density at radius 2 is 2.15 bits per heavy atom. The summed E-state index contributed by atoms with van der Waals surface area (Å²) in [6, 6.07) is 7.41. The number of halogens is 2. The summed E-state index contributed by atoms with van der Waals surface area (Å²) in [4.78, 5) is 11.7. The van der Waals surface area contributed by atoms with E-state index in [0.717, 1.165) is 10.9 Å². The second kappa shape index (κ2) is 10.0. The van der Waals surface area contributed by atoms with E-state index in [1.165, 1.54) is 0 Å². The number of nitrogens with two attached hydrogens (primary N) is 1. The van der Waals surface area contributed by atoms with Gasteiger partial charge in [0.05, 0.1) is 0 Å². The summed E-state index contributed by atoms with van der Waals surface area (Å²) >= 11 is 3.35. The van der Waals surface area contributed by atoms with Gasteiger partial charge in [-0.05, 0) is 30.5 Å². The lowest BCUT2D eigenvalue weighted by atomic mass is 10.0. The second-order valence-corrected chi connectivity index (χ2v) is 5.79. The highest BCUT2D eigenvalue weighted by molar-refractivity contribution is 9.10. The van der Waals surface area contributed by atoms with Gasteiger partial charge in [0.15, 0.2) is 6.61 Å². The van der Waals surface area contributed by atoms with Crippen LogP contribution in [0.4, 0.5) is 0 Å². The van der Waals surface area contributed by atoms with Crippen molar-refractivity contribution in [3.05, 3.63) is 28.7 Å². The monoisotopic (exact) mass is 364 g/mol. The smallest absolute Gasteiger partial charge is 0.258 e. The fraction of sp³-hybridized carbons (Fsp3) is 0.500. The summed E-state index contributed by atoms with van der Waals surface area (Å²) in [5.74, 6) is 1.02. The maximum atomic E-state index is 11.7. The maximum absolute atomic E-state index is 11.7. The van der Waals surface area contributed by atoms with Crippen LogP contribution in [0.25, 0.3) is 0 Å². The standard InChI is InChI=1S/C14H21BrN2O2.ClH/c1-10(2)6-12(8-16)17-14(18)9-19-13-5-3-4-11(15)7-13;/h3-5,7,10,12H,6,8-9,16H2,1-2H3,(H,17,18);1H. The SMILES string of the molecule is CC(C)CC(CN)NC(=O)COc1cccc(Br)c1.Cl. The zero-order valence-electron chi connectivity index (χ0n) is 11.8. The van der Waals surface area contributed by atoms with Gasteiger partial charge in [0.2, 0.25) is 0 Å². The molecule has 0 aliphatic rings. The number of hydrogen-bond acceptors (Lipinski definition) is 3. The molecule has 1 rings (SSSR count). The lowest BCUT2D eigenvalue weighted by Crippen LogP contribution is -2.43. The molecule has 0 spiro atoms. The van der Waals surface area contributed by atoms with Crippen molar-refractivity contribution in [1.82, 2.24) is 5.32 Å². The van der Waals surface area contributed by atoms with Crippen molar-refractivity contribution in [1.29, 1.82) is 0 Å². The van der Waals surface area contributed by atoms with Crippen molar-refractivity contribution < 1.29 is 9.53 Å². The average Bonchev–Trinajstić information content (AvgIpc) is 2.35. The van der Waals surface area contributed by atoms with Crippen LogP contribution in [-0.2, 0) is 4.79 Å². The van der Waals surface area contributed by atoms with Crippen LogP contribution in [-0.4, -0.2) is 25.1 Å². The van der Waals surface area contributed by atoms with Crippen LogP contribution in [0, 0.1) is 5.92 Å². The van der Waals surface area contributed by atoms with Gasteiger partial charge in [0.1, 0.15) is 5.75 Å². The largest absolute Gasteiger partial charge is 0.484 e. The van der Waals surface area contributed by atoms with Crippen LogP contribution in [0.3, 0.4) is 0 Å². The Morgan fingerprint density at radius 3 is 2.70 bits per heavy atom. The van der Waals surface area contributed by atoms with Crippen LogP contribution < -0.4 is 15.8 Å². The van der Waals surface area contributed by atoms with E-state index < -0.39 is 0 Å². The van der Waals surface area contributed by atoms with E-state index in [4.69, 9.17) is 10.5 Å². The number of amides is 1. The molecule has 3 N–H and O–H groups in total. The molecule has 0 fully saturated rings. The molecule has 0 bridgehead atoms. The van der Waals surface area contributed by atoms with E-state index in [0.29, 0.717) is 18.2 Å². The highest BCUT2D eigenvalue weighted by atomic mass is 79.9. The van der Waals surface area contributed by atoms with Crippen LogP contribution in [0.5, 0.6) is 5.75 Å². The van der Waals surface area contributed by atoms with Gasteiger partial charge in [-0.1, -0.05) is 35.8 Å². The predicted molar refractivity (Wildman–Crippen MR) is 87.3 cm³/mol. The minimum Gasteiger partial charge on any atom is -0.484 e. The minimum absolute atomic E-state index is 0. The van der Waals surface area contributed by atoms with Crippen LogP contribution in [0.2, 0.25) is 0 Å². The van der Waals surface area contributed by atoms with Crippen molar-refractivity contribution in [2.24, 2.45) is 11.7 Å². The van der Waals surface area contributed by atoms with E-state index in [1.807, 2.05) is 24.3 Å². The van der Waals surface area contributed by atoms with Gasteiger partial charge in [-0.15, -0.1) is 12.4 Å². The summed E-state index contributed by atoms with van der Waals surface area (Å²) in [6.45, 7) is 4.66. The molecular formula is C14H22BrClN2O2. The van der Waals surface area contributed by atoms with Crippen LogP contribution >= 0.6 is 28.3 Å². The Kier molecular flexibility index (Phi) is 9.63. The molecule has 1 amide bonds. The Labute approximate surface area is 135 Å². The van der Waals surface area contributed by atoms with Gasteiger partial charge in [-0.3, -0.25) is 4.79 Å². The Balaban J connectivity index is 0.00000361. The fourth-order valence-electron chi connectivity index (χ4n) is 1.76. The molecule has 0 aliphatic carbocycles. The third-order valence-electron chi connectivity index (χ3n) is 2.57. The van der Waals surface area contributed by atoms with E-state index in [-0.39, 0.29) is 31.0 Å². The number of ether oxygens (including phenoxy) is 1. The molecular weight excluding hydrogens is 344 g/mol. The molecule has 0 heterocycles. The lowest BCUT2D eigenvalue weighted by Gasteiger charge is -2.18. The molecule has 20 heavy (non-hydrogen) atoms. The molecule has 1 aromatic carbocycles. The quantitative estimate of drug-likeness (QED) is 0.781. The van der Waals surface area contributed by atoms with Crippen molar-refractivity contribution >= 4 is 34.2 Å². The number of hydrogen-bond donors (Lipinski definition) is 2. The first-order chi connectivity index (χ1) is 9.01. The third-order valence-corrected chi connectivity index (χ3v) is 3.06. The molecule has 114 valence electrons. The Hall–Kier alpha value is -0.780. The first kappa shape index (κ1) is 19.2. The number of carbonyl (C=O) groups is 1. The normalized spacial score (nSPS) is 11.7. The number of rotatable bonds is 7. The molecule has 1 aromatic rings. The summed E-state index contributed by atoms with van der Waals surface area (Å²) in [6.07, 6.45) is 0.874. The predicted octanol–water partition coefficient (Wildman–Crippen LogP) is 2.74. The van der Waals surface area contributed by atoms with Crippen molar-refractivity contribution in [2.75, 3.05) is 13.2 Å². The van der Waals surface area contributed by atoms with Crippen molar-refractivity contribution in [3.8, 4) is 5.75 Å². The lowest BCUT2D eigenvalue weighted by molar-refractivity contribution is -0.123. The van der Waals surface area contributed by atoms with Crippen LogP contribution in [0.15, 0.2) is 28.7 Å². The zero-order valence-corrected chi connectivity index (χ0v) is 14.2.